The zero-order valence-electron chi connectivity index (χ0n) is 20.3. The molecule has 35 heavy (non-hydrogen) atoms. The molecule has 9 heteroatoms. The summed E-state index contributed by atoms with van der Waals surface area (Å²) in [5.74, 6) is 2.62. The van der Waals surface area contributed by atoms with E-state index in [-0.39, 0.29) is 41.2 Å². The van der Waals surface area contributed by atoms with Crippen LogP contribution in [0.15, 0.2) is 30.3 Å². The van der Waals surface area contributed by atoms with E-state index in [1.807, 2.05) is 12.1 Å². The molecule has 1 saturated heterocycles. The molecule has 1 aromatic carbocycles. The number of benzene rings is 1. The van der Waals surface area contributed by atoms with Gasteiger partial charge in [-0.15, -0.1) is 10.2 Å². The van der Waals surface area contributed by atoms with Gasteiger partial charge in [-0.2, -0.15) is 5.26 Å². The summed E-state index contributed by atoms with van der Waals surface area (Å²) in [4.78, 5) is 15.2. The highest BCUT2D eigenvalue weighted by Crippen LogP contribution is 2.55. The van der Waals surface area contributed by atoms with Crippen LogP contribution in [0.25, 0.3) is 0 Å². The third-order valence-corrected chi connectivity index (χ3v) is 8.53. The molecule has 2 aromatic rings. The Kier molecular flexibility index (Phi) is 5.69. The summed E-state index contributed by atoms with van der Waals surface area (Å²) < 4.78 is 6.28. The molecule has 3 fully saturated rings. The normalized spacial score (nSPS) is 29.5. The van der Waals surface area contributed by atoms with E-state index in [4.69, 9.17) is 21.6 Å². The van der Waals surface area contributed by atoms with E-state index in [2.05, 4.69) is 48.1 Å². The first-order valence-electron chi connectivity index (χ1n) is 11.9. The first-order valence-corrected chi connectivity index (χ1v) is 12.3. The minimum atomic E-state index is -0.354. The van der Waals surface area contributed by atoms with Crippen LogP contribution < -0.4 is 15.0 Å². The maximum Gasteiger partial charge on any atom is 0.272 e. The number of hydrogen-bond acceptors (Lipinski definition) is 7. The molecule has 0 unspecified atom stereocenters. The SMILES string of the molecule is CC1(C)C(NC(=O)c2ccc(N3C[C@@H]4[C@@H](CO)[C@@H]4C3)nn2)C(C)(C)C1Oc1ccc(C#N)c(Cl)c1. The summed E-state index contributed by atoms with van der Waals surface area (Å²) >= 11 is 6.17. The molecule has 1 aromatic heterocycles. The van der Waals surface area contributed by atoms with Crippen molar-refractivity contribution in [2.75, 3.05) is 24.6 Å². The number of nitrogens with zero attached hydrogens (tertiary/aromatic N) is 4. The molecular formula is C26H30ClN5O3. The predicted molar refractivity (Wildman–Crippen MR) is 131 cm³/mol. The zero-order chi connectivity index (χ0) is 25.1. The Labute approximate surface area is 210 Å². The van der Waals surface area contributed by atoms with Gasteiger partial charge in [-0.1, -0.05) is 39.3 Å². The maximum atomic E-state index is 13.0. The lowest BCUT2D eigenvalue weighted by Gasteiger charge is -2.63. The van der Waals surface area contributed by atoms with Crippen LogP contribution in [-0.2, 0) is 0 Å². The number of ether oxygens (including phenoxy) is 1. The first kappa shape index (κ1) is 23.8. The third kappa shape index (κ3) is 3.91. The standard InChI is InChI=1S/C26H30ClN5O3/c1-25(2)23(26(3,4)24(25)35-15-6-5-14(10-28)19(27)9-15)29-22(34)20-7-8-21(31-30-20)32-11-16-17(12-32)18(16)13-33/h5-9,16-18,23-24,33H,11-13H2,1-4H3,(H,29,34)/t16-,17+,18+,23?,24?. The molecule has 3 atom stereocenters. The van der Waals surface area contributed by atoms with Gasteiger partial charge in [0.05, 0.1) is 10.6 Å². The largest absolute Gasteiger partial charge is 0.489 e. The van der Waals surface area contributed by atoms with Gasteiger partial charge in [0.15, 0.2) is 11.5 Å². The van der Waals surface area contributed by atoms with Crippen molar-refractivity contribution in [2.45, 2.75) is 39.8 Å². The Morgan fingerprint density at radius 2 is 1.89 bits per heavy atom. The Hall–Kier alpha value is -2.89. The van der Waals surface area contributed by atoms with Gasteiger partial charge in [0.1, 0.15) is 17.9 Å². The molecule has 2 aliphatic carbocycles. The summed E-state index contributed by atoms with van der Waals surface area (Å²) in [6, 6.07) is 10.5. The van der Waals surface area contributed by atoms with Gasteiger partial charge in [-0.25, -0.2) is 0 Å². The Bertz CT molecular complexity index is 1160. The quantitative estimate of drug-likeness (QED) is 0.632. The predicted octanol–water partition coefficient (Wildman–Crippen LogP) is 3.29. The molecule has 2 heterocycles. The van der Waals surface area contributed by atoms with Gasteiger partial charge in [0.25, 0.3) is 5.91 Å². The number of nitrogens with one attached hydrogen (secondary N) is 1. The van der Waals surface area contributed by atoms with E-state index in [1.54, 1.807) is 24.3 Å². The van der Waals surface area contributed by atoms with Gasteiger partial charge >= 0.3 is 0 Å². The number of halogens is 1. The molecule has 0 bridgehead atoms. The first-order chi connectivity index (χ1) is 16.6. The summed E-state index contributed by atoms with van der Waals surface area (Å²) in [7, 11) is 0. The van der Waals surface area contributed by atoms with Crippen LogP contribution in [0, 0.1) is 39.9 Å². The number of amides is 1. The molecule has 3 aliphatic rings. The van der Waals surface area contributed by atoms with Crippen LogP contribution in [0.5, 0.6) is 5.75 Å². The smallest absolute Gasteiger partial charge is 0.272 e. The maximum absolute atomic E-state index is 13.0. The van der Waals surface area contributed by atoms with Gasteiger partial charge in [-0.3, -0.25) is 4.79 Å². The van der Waals surface area contributed by atoms with Crippen molar-refractivity contribution in [1.82, 2.24) is 15.5 Å². The Morgan fingerprint density at radius 1 is 1.20 bits per heavy atom. The molecule has 5 rings (SSSR count). The number of aliphatic hydroxyl groups is 1. The van der Waals surface area contributed by atoms with E-state index >= 15 is 0 Å². The van der Waals surface area contributed by atoms with Gasteiger partial charge in [0.2, 0.25) is 0 Å². The minimum Gasteiger partial charge on any atom is -0.489 e. The lowest BCUT2D eigenvalue weighted by atomic mass is 9.49. The summed E-state index contributed by atoms with van der Waals surface area (Å²) in [6.07, 6.45) is -0.179. The highest BCUT2D eigenvalue weighted by atomic mass is 35.5. The van der Waals surface area contributed by atoms with Crippen LogP contribution >= 0.6 is 11.6 Å². The number of hydrogen-bond donors (Lipinski definition) is 2. The molecule has 8 nitrogen and oxygen atoms in total. The van der Waals surface area contributed by atoms with E-state index in [1.165, 1.54) is 0 Å². The average Bonchev–Trinajstić information content (AvgIpc) is 3.30. The molecule has 0 spiro atoms. The van der Waals surface area contributed by atoms with Gasteiger partial charge in [0, 0.05) is 42.6 Å². The Morgan fingerprint density at radius 3 is 2.43 bits per heavy atom. The van der Waals surface area contributed by atoms with E-state index in [9.17, 15) is 9.90 Å². The molecular weight excluding hydrogens is 466 g/mol. The lowest BCUT2D eigenvalue weighted by molar-refractivity contribution is -0.164. The van der Waals surface area contributed by atoms with Gasteiger partial charge in [-0.05, 0) is 42.0 Å². The van der Waals surface area contributed by atoms with Crippen LogP contribution in [0.2, 0.25) is 5.02 Å². The van der Waals surface area contributed by atoms with Crippen molar-refractivity contribution in [3.05, 3.63) is 46.6 Å². The highest BCUT2D eigenvalue weighted by molar-refractivity contribution is 6.31. The van der Waals surface area contributed by atoms with Crippen molar-refractivity contribution < 1.29 is 14.6 Å². The zero-order valence-corrected chi connectivity index (χ0v) is 21.1. The van der Waals surface area contributed by atoms with Crippen molar-refractivity contribution in [3.8, 4) is 11.8 Å². The van der Waals surface area contributed by atoms with Gasteiger partial charge < -0.3 is 20.1 Å². The number of nitriles is 1. The fourth-order valence-corrected chi connectivity index (χ4v) is 6.74. The molecule has 184 valence electrons. The van der Waals surface area contributed by atoms with E-state index < -0.39 is 0 Å². The summed E-state index contributed by atoms with van der Waals surface area (Å²) in [5, 5.41) is 30.4. The molecule has 1 amide bonds. The topological polar surface area (TPSA) is 111 Å². The van der Waals surface area contributed by atoms with E-state index in [0.717, 1.165) is 18.9 Å². The van der Waals surface area contributed by atoms with Crippen molar-refractivity contribution in [3.63, 3.8) is 0 Å². The van der Waals surface area contributed by atoms with Crippen molar-refractivity contribution in [2.24, 2.45) is 28.6 Å². The molecule has 0 radical (unpaired) electrons. The van der Waals surface area contributed by atoms with Crippen LogP contribution in [0.1, 0.15) is 43.7 Å². The fourth-order valence-electron chi connectivity index (χ4n) is 6.52. The second kappa shape index (κ2) is 8.35. The van der Waals surface area contributed by atoms with Crippen LogP contribution in [0.4, 0.5) is 5.82 Å². The average molecular weight is 496 g/mol. The second-order valence-corrected chi connectivity index (χ2v) is 11.6. The second-order valence-electron chi connectivity index (χ2n) is 11.2. The van der Waals surface area contributed by atoms with Crippen LogP contribution in [-0.4, -0.2) is 53.1 Å². The molecule has 1 aliphatic heterocycles. The van der Waals surface area contributed by atoms with Crippen molar-refractivity contribution >= 4 is 23.3 Å². The highest BCUT2D eigenvalue weighted by Gasteiger charge is 2.64. The number of aliphatic hydroxyl groups excluding tert-OH is 1. The fraction of sp³-hybridized carbons (Fsp3) is 0.538. The number of anilines is 1. The summed E-state index contributed by atoms with van der Waals surface area (Å²) in [5.41, 5.74) is -0.0279. The lowest BCUT2D eigenvalue weighted by Crippen LogP contribution is -2.74. The third-order valence-electron chi connectivity index (χ3n) is 8.22. The van der Waals surface area contributed by atoms with E-state index in [0.29, 0.717) is 34.1 Å². The number of carbonyl (C=O) groups excluding carboxylic acids is 1. The number of aromatic nitrogens is 2. The number of carbonyl (C=O) groups is 1. The minimum absolute atomic E-state index is 0.149. The molecule has 2 saturated carbocycles. The number of rotatable bonds is 6. The number of fused-ring (bicyclic) bond motifs is 1. The molecule has 2 N–H and O–H groups in total. The monoisotopic (exact) mass is 495 g/mol. The van der Waals surface area contributed by atoms with Crippen LogP contribution in [0.3, 0.4) is 0 Å². The summed E-state index contributed by atoms with van der Waals surface area (Å²) in [6.45, 7) is 10.3. The Balaban J connectivity index is 1.22. The van der Waals surface area contributed by atoms with Crippen molar-refractivity contribution in [1.29, 1.82) is 5.26 Å². The number of piperidine rings is 1.